The number of hydrogen-bond acceptors (Lipinski definition) is 5. The third-order valence-electron chi connectivity index (χ3n) is 4.01. The summed E-state index contributed by atoms with van der Waals surface area (Å²) in [5, 5.41) is 32.8. The van der Waals surface area contributed by atoms with E-state index in [1.165, 1.54) is 30.3 Å². The maximum atomic E-state index is 11.8. The number of nitro groups is 2. The molecule has 0 saturated carbocycles. The lowest BCUT2D eigenvalue weighted by atomic mass is 10.1. The van der Waals surface area contributed by atoms with E-state index in [-0.39, 0.29) is 28.3 Å². The lowest BCUT2D eigenvalue weighted by Gasteiger charge is -2.19. The van der Waals surface area contributed by atoms with Crippen LogP contribution in [0.4, 0.5) is 22.7 Å². The fourth-order valence-corrected chi connectivity index (χ4v) is 2.81. The number of rotatable bonds is 7. The lowest BCUT2D eigenvalue weighted by Crippen LogP contribution is -2.28. The van der Waals surface area contributed by atoms with Crippen molar-refractivity contribution in [1.82, 2.24) is 0 Å². The van der Waals surface area contributed by atoms with Gasteiger partial charge >= 0.3 is 5.97 Å². The molecular formula is C19H14N4O6. The van der Waals surface area contributed by atoms with Gasteiger partial charge in [0.1, 0.15) is 22.7 Å². The van der Waals surface area contributed by atoms with E-state index >= 15 is 0 Å². The Bertz CT molecular complexity index is 1060. The summed E-state index contributed by atoms with van der Waals surface area (Å²) in [6.07, 6.45) is 0. The van der Waals surface area contributed by atoms with Crippen LogP contribution in [-0.2, 0) is 0 Å². The molecule has 10 heteroatoms. The van der Waals surface area contributed by atoms with Crippen molar-refractivity contribution in [2.75, 3.05) is 10.0 Å². The van der Waals surface area contributed by atoms with Crippen molar-refractivity contribution in [3.8, 4) is 0 Å². The molecule has 10 nitrogen and oxygen atoms in total. The summed E-state index contributed by atoms with van der Waals surface area (Å²) in [5.41, 5.74) is -0.410. The van der Waals surface area contributed by atoms with E-state index in [1.54, 1.807) is 36.4 Å². The number of carbonyl (C=O) groups is 1. The standard InChI is InChI=1S/C19H14N4O6/c24-19(25)17-12-11-16(20(22(26)27)14-7-3-1-4-8-14)13-18(17)21(23(28)29)15-9-5-2-6-10-15/h1-13H,(H,24,25). The van der Waals surface area contributed by atoms with Gasteiger partial charge in [-0.15, -0.1) is 0 Å². The van der Waals surface area contributed by atoms with E-state index < -0.39 is 16.0 Å². The number of hydrogen-bond donors (Lipinski definition) is 1. The molecule has 3 aromatic rings. The molecule has 0 atom stereocenters. The van der Waals surface area contributed by atoms with Gasteiger partial charge < -0.3 is 5.11 Å². The SMILES string of the molecule is O=C(O)c1ccc(N(c2ccccc2)[N+](=O)[O-])cc1N(c1ccccc1)[N+](=O)[O-]. The molecule has 0 aliphatic heterocycles. The van der Waals surface area contributed by atoms with Gasteiger partial charge in [0.25, 0.3) is 0 Å². The Kier molecular flexibility index (Phi) is 5.35. The first kappa shape index (κ1) is 19.3. The second-order valence-corrected chi connectivity index (χ2v) is 5.78. The van der Waals surface area contributed by atoms with E-state index in [0.717, 1.165) is 17.1 Å². The van der Waals surface area contributed by atoms with Gasteiger partial charge in [0, 0.05) is 0 Å². The number of hydrazine groups is 2. The van der Waals surface area contributed by atoms with Gasteiger partial charge in [-0.1, -0.05) is 46.4 Å². The average Bonchev–Trinajstić information content (AvgIpc) is 2.69. The highest BCUT2D eigenvalue weighted by Crippen LogP contribution is 2.34. The summed E-state index contributed by atoms with van der Waals surface area (Å²) in [5.74, 6) is -1.40. The molecule has 0 saturated heterocycles. The Hall–Kier alpha value is -4.47. The van der Waals surface area contributed by atoms with Gasteiger partial charge in [-0.3, -0.25) is 0 Å². The van der Waals surface area contributed by atoms with Crippen LogP contribution in [-0.4, -0.2) is 21.1 Å². The molecule has 0 aliphatic carbocycles. The van der Waals surface area contributed by atoms with Crippen LogP contribution in [0.2, 0.25) is 0 Å². The number of aromatic carboxylic acids is 1. The number of benzene rings is 3. The molecule has 1 N–H and O–H groups in total. The average molecular weight is 394 g/mol. The van der Waals surface area contributed by atoms with E-state index in [1.807, 2.05) is 0 Å². The number of anilines is 4. The molecule has 29 heavy (non-hydrogen) atoms. The van der Waals surface area contributed by atoms with Gasteiger partial charge in [-0.25, -0.2) is 25.0 Å². The number of carboxylic acid groups (broad SMARTS) is 1. The molecule has 146 valence electrons. The molecule has 0 aliphatic rings. The van der Waals surface area contributed by atoms with Gasteiger partial charge in [0.15, 0.2) is 10.1 Å². The molecule has 3 aromatic carbocycles. The Morgan fingerprint density at radius 2 is 1.21 bits per heavy atom. The topological polar surface area (TPSA) is 130 Å². The molecule has 3 rings (SSSR count). The second kappa shape index (κ2) is 8.05. The van der Waals surface area contributed by atoms with Crippen molar-refractivity contribution >= 4 is 28.7 Å². The Labute approximate surface area is 164 Å². The normalized spacial score (nSPS) is 10.2. The number of nitrogens with zero attached hydrogens (tertiary/aromatic N) is 4. The first-order chi connectivity index (χ1) is 13.9. The Morgan fingerprint density at radius 1 is 0.724 bits per heavy atom. The summed E-state index contributed by atoms with van der Waals surface area (Å²) in [4.78, 5) is 35.1. The van der Waals surface area contributed by atoms with Crippen LogP contribution in [0, 0.1) is 20.2 Å². The summed E-state index contributed by atoms with van der Waals surface area (Å²) in [7, 11) is 0. The molecule has 0 amide bonds. The van der Waals surface area contributed by atoms with Crippen molar-refractivity contribution in [2.24, 2.45) is 0 Å². The molecular weight excluding hydrogens is 380 g/mol. The predicted molar refractivity (Wildman–Crippen MR) is 105 cm³/mol. The minimum Gasteiger partial charge on any atom is -0.478 e. The molecule has 0 unspecified atom stereocenters. The summed E-state index contributed by atoms with van der Waals surface area (Å²) < 4.78 is 0. The number of carboxylic acids is 1. The maximum absolute atomic E-state index is 11.8. The highest BCUT2D eigenvalue weighted by atomic mass is 16.7. The number of para-hydroxylation sites is 2. The first-order valence-electron chi connectivity index (χ1n) is 8.26. The highest BCUT2D eigenvalue weighted by Gasteiger charge is 2.29. The highest BCUT2D eigenvalue weighted by molar-refractivity contribution is 5.96. The smallest absolute Gasteiger partial charge is 0.338 e. The van der Waals surface area contributed by atoms with Crippen LogP contribution < -0.4 is 10.0 Å². The van der Waals surface area contributed by atoms with Crippen molar-refractivity contribution in [2.45, 2.75) is 0 Å². The third-order valence-corrected chi connectivity index (χ3v) is 4.01. The van der Waals surface area contributed by atoms with Crippen molar-refractivity contribution < 1.29 is 20.0 Å². The first-order valence-corrected chi connectivity index (χ1v) is 8.26. The fourth-order valence-electron chi connectivity index (χ4n) is 2.81. The lowest BCUT2D eigenvalue weighted by molar-refractivity contribution is -0.484. The van der Waals surface area contributed by atoms with Crippen LogP contribution >= 0.6 is 0 Å². The van der Waals surface area contributed by atoms with Crippen molar-refractivity contribution in [3.63, 3.8) is 0 Å². The maximum Gasteiger partial charge on any atom is 0.338 e. The van der Waals surface area contributed by atoms with Gasteiger partial charge in [0.05, 0.1) is 5.56 Å². The Balaban J connectivity index is 2.21. The van der Waals surface area contributed by atoms with E-state index in [9.17, 15) is 30.1 Å². The monoisotopic (exact) mass is 394 g/mol. The van der Waals surface area contributed by atoms with Crippen LogP contribution in [0.15, 0.2) is 78.9 Å². The van der Waals surface area contributed by atoms with E-state index in [0.29, 0.717) is 5.01 Å². The summed E-state index contributed by atoms with van der Waals surface area (Å²) in [6.45, 7) is 0. The van der Waals surface area contributed by atoms with E-state index in [4.69, 9.17) is 0 Å². The van der Waals surface area contributed by atoms with Crippen LogP contribution in [0.25, 0.3) is 0 Å². The quantitative estimate of drug-likeness (QED) is 0.469. The van der Waals surface area contributed by atoms with Crippen LogP contribution in [0.5, 0.6) is 0 Å². The minimum atomic E-state index is -1.40. The predicted octanol–water partition coefficient (Wildman–Crippen LogP) is 4.04. The van der Waals surface area contributed by atoms with Gasteiger partial charge in [-0.2, -0.15) is 0 Å². The molecule has 0 radical (unpaired) electrons. The van der Waals surface area contributed by atoms with Crippen molar-refractivity contribution in [1.29, 1.82) is 0 Å². The zero-order valence-electron chi connectivity index (χ0n) is 14.8. The minimum absolute atomic E-state index is 0.0380. The molecule has 0 aromatic heterocycles. The molecule has 0 bridgehead atoms. The fraction of sp³-hybridized carbons (Fsp3) is 0. The molecule has 0 spiro atoms. The summed E-state index contributed by atoms with van der Waals surface area (Å²) >= 11 is 0. The zero-order valence-corrected chi connectivity index (χ0v) is 14.8. The van der Waals surface area contributed by atoms with Crippen molar-refractivity contribution in [3.05, 3.63) is 105 Å². The van der Waals surface area contributed by atoms with Crippen LogP contribution in [0.3, 0.4) is 0 Å². The van der Waals surface area contributed by atoms with E-state index in [2.05, 4.69) is 0 Å². The second-order valence-electron chi connectivity index (χ2n) is 5.78. The van der Waals surface area contributed by atoms with Crippen LogP contribution in [0.1, 0.15) is 10.4 Å². The summed E-state index contributed by atoms with van der Waals surface area (Å²) in [6, 6.07) is 19.0. The molecule has 0 heterocycles. The zero-order chi connectivity index (χ0) is 21.0. The largest absolute Gasteiger partial charge is 0.478 e. The third kappa shape index (κ3) is 3.95. The van der Waals surface area contributed by atoms with Gasteiger partial charge in [0.2, 0.25) is 0 Å². The van der Waals surface area contributed by atoms with Gasteiger partial charge in [-0.05, 0) is 42.5 Å². The Morgan fingerprint density at radius 3 is 1.66 bits per heavy atom. The molecule has 0 fully saturated rings.